The highest BCUT2D eigenvalue weighted by atomic mass is 32.1. The number of thiophene rings is 1. The maximum absolute atomic E-state index is 12.8. The lowest BCUT2D eigenvalue weighted by Gasteiger charge is -2.01. The van der Waals surface area contributed by atoms with E-state index in [9.17, 15) is 9.18 Å². The van der Waals surface area contributed by atoms with E-state index in [0.29, 0.717) is 11.4 Å². The second kappa shape index (κ2) is 5.26. The van der Waals surface area contributed by atoms with Gasteiger partial charge in [0.1, 0.15) is 5.82 Å². The monoisotopic (exact) mass is 288 g/mol. The normalized spacial score (nSPS) is 10.4. The summed E-state index contributed by atoms with van der Waals surface area (Å²) in [4.78, 5) is 12.9. The maximum atomic E-state index is 12.8. The number of nitrogens with zero attached hydrogens (tertiary/aromatic N) is 1. The summed E-state index contributed by atoms with van der Waals surface area (Å²) >= 11 is 1.50. The summed E-state index contributed by atoms with van der Waals surface area (Å²) in [6.45, 7) is 0. The van der Waals surface area contributed by atoms with Crippen molar-refractivity contribution >= 4 is 22.9 Å². The molecule has 0 aliphatic rings. The standard InChI is InChI=1S/C14H9FN2O2S/c15-9-3-5-10(6-4-9)16-14(18)11-8-12(19-17-11)13-2-1-7-20-13/h1-8H,(H,16,18). The Labute approximate surface area is 117 Å². The number of rotatable bonds is 3. The fraction of sp³-hybridized carbons (Fsp3) is 0. The Bertz CT molecular complexity index is 720. The van der Waals surface area contributed by atoms with Crippen molar-refractivity contribution < 1.29 is 13.7 Å². The topological polar surface area (TPSA) is 55.1 Å². The van der Waals surface area contributed by atoms with Crippen LogP contribution in [0.2, 0.25) is 0 Å². The molecule has 0 radical (unpaired) electrons. The molecule has 0 spiro atoms. The molecule has 0 saturated heterocycles. The molecule has 0 unspecified atom stereocenters. The van der Waals surface area contributed by atoms with Gasteiger partial charge in [-0.05, 0) is 35.7 Å². The molecule has 20 heavy (non-hydrogen) atoms. The van der Waals surface area contributed by atoms with E-state index in [0.717, 1.165) is 4.88 Å². The van der Waals surface area contributed by atoms with E-state index < -0.39 is 5.91 Å². The first-order valence-electron chi connectivity index (χ1n) is 5.80. The van der Waals surface area contributed by atoms with Gasteiger partial charge in [0.05, 0.1) is 4.88 Å². The first-order chi connectivity index (χ1) is 9.72. The van der Waals surface area contributed by atoms with E-state index in [1.807, 2.05) is 17.5 Å². The molecule has 0 aliphatic heterocycles. The summed E-state index contributed by atoms with van der Waals surface area (Å²) in [6.07, 6.45) is 0. The van der Waals surface area contributed by atoms with Crippen LogP contribution in [0, 0.1) is 5.82 Å². The van der Waals surface area contributed by atoms with Gasteiger partial charge in [0.2, 0.25) is 0 Å². The van der Waals surface area contributed by atoms with Crippen molar-refractivity contribution in [3.8, 4) is 10.6 Å². The van der Waals surface area contributed by atoms with E-state index in [1.54, 1.807) is 6.07 Å². The maximum Gasteiger partial charge on any atom is 0.277 e. The minimum atomic E-state index is -0.400. The Morgan fingerprint density at radius 3 is 2.75 bits per heavy atom. The molecular formula is C14H9FN2O2S. The fourth-order valence-corrected chi connectivity index (χ4v) is 2.32. The molecule has 0 aliphatic carbocycles. The number of aromatic nitrogens is 1. The Hall–Kier alpha value is -2.47. The fourth-order valence-electron chi connectivity index (χ4n) is 1.65. The number of benzene rings is 1. The van der Waals surface area contributed by atoms with Crippen molar-refractivity contribution in [2.45, 2.75) is 0 Å². The van der Waals surface area contributed by atoms with Crippen LogP contribution in [0.4, 0.5) is 10.1 Å². The van der Waals surface area contributed by atoms with Gasteiger partial charge in [-0.15, -0.1) is 11.3 Å². The van der Waals surface area contributed by atoms with E-state index in [1.165, 1.54) is 35.6 Å². The molecule has 100 valence electrons. The summed E-state index contributed by atoms with van der Waals surface area (Å²) in [6, 6.07) is 10.9. The predicted molar refractivity (Wildman–Crippen MR) is 74.2 cm³/mol. The number of hydrogen-bond acceptors (Lipinski definition) is 4. The van der Waals surface area contributed by atoms with Crippen LogP contribution >= 0.6 is 11.3 Å². The van der Waals surface area contributed by atoms with Crippen molar-refractivity contribution in [3.05, 3.63) is 59.4 Å². The molecule has 1 N–H and O–H groups in total. The van der Waals surface area contributed by atoms with Gasteiger partial charge in [-0.3, -0.25) is 4.79 Å². The van der Waals surface area contributed by atoms with Crippen LogP contribution in [0.25, 0.3) is 10.6 Å². The summed E-state index contributed by atoms with van der Waals surface area (Å²) in [5.74, 6) is -0.211. The minimum Gasteiger partial charge on any atom is -0.355 e. The lowest BCUT2D eigenvalue weighted by molar-refractivity contribution is 0.101. The highest BCUT2D eigenvalue weighted by molar-refractivity contribution is 7.13. The number of nitrogens with one attached hydrogen (secondary N) is 1. The summed E-state index contributed by atoms with van der Waals surface area (Å²) in [7, 11) is 0. The smallest absolute Gasteiger partial charge is 0.277 e. The minimum absolute atomic E-state index is 0.178. The van der Waals surface area contributed by atoms with Gasteiger partial charge in [0, 0.05) is 11.8 Å². The highest BCUT2D eigenvalue weighted by Gasteiger charge is 2.14. The number of carbonyl (C=O) groups is 1. The molecule has 2 aromatic heterocycles. The Morgan fingerprint density at radius 1 is 1.25 bits per heavy atom. The van der Waals surface area contributed by atoms with E-state index in [4.69, 9.17) is 4.52 Å². The molecule has 1 amide bonds. The van der Waals surface area contributed by atoms with Crippen molar-refractivity contribution in [2.75, 3.05) is 5.32 Å². The molecule has 3 aromatic rings. The lowest BCUT2D eigenvalue weighted by atomic mass is 10.3. The average molecular weight is 288 g/mol. The second-order valence-electron chi connectivity index (χ2n) is 4.01. The number of amides is 1. The Kier molecular flexibility index (Phi) is 3.30. The molecular weight excluding hydrogens is 279 g/mol. The summed E-state index contributed by atoms with van der Waals surface area (Å²) < 4.78 is 17.9. The third-order valence-corrected chi connectivity index (χ3v) is 3.49. The summed E-state index contributed by atoms with van der Waals surface area (Å²) in [5, 5.41) is 8.26. The van der Waals surface area contributed by atoms with Crippen LogP contribution in [-0.4, -0.2) is 11.1 Å². The molecule has 0 bridgehead atoms. The average Bonchev–Trinajstić information content (AvgIpc) is 3.11. The molecule has 6 heteroatoms. The molecule has 0 atom stereocenters. The van der Waals surface area contributed by atoms with Crippen LogP contribution in [0.3, 0.4) is 0 Å². The first kappa shape index (κ1) is 12.6. The predicted octanol–water partition coefficient (Wildman–Crippen LogP) is 3.79. The van der Waals surface area contributed by atoms with E-state index in [-0.39, 0.29) is 11.5 Å². The van der Waals surface area contributed by atoms with Gasteiger partial charge in [-0.2, -0.15) is 0 Å². The molecule has 3 rings (SSSR count). The molecule has 0 saturated carbocycles. The van der Waals surface area contributed by atoms with Crippen molar-refractivity contribution in [2.24, 2.45) is 0 Å². The Balaban J connectivity index is 1.76. The van der Waals surface area contributed by atoms with Crippen LogP contribution in [0.15, 0.2) is 52.4 Å². The molecule has 1 aromatic carbocycles. The number of carbonyl (C=O) groups excluding carboxylic acids is 1. The highest BCUT2D eigenvalue weighted by Crippen LogP contribution is 2.25. The van der Waals surface area contributed by atoms with Crippen LogP contribution in [0.1, 0.15) is 10.5 Å². The Morgan fingerprint density at radius 2 is 2.05 bits per heavy atom. The van der Waals surface area contributed by atoms with Crippen LogP contribution in [0.5, 0.6) is 0 Å². The van der Waals surface area contributed by atoms with Gasteiger partial charge < -0.3 is 9.84 Å². The number of halogens is 1. The molecule has 0 fully saturated rings. The summed E-state index contributed by atoms with van der Waals surface area (Å²) in [5.41, 5.74) is 0.676. The van der Waals surface area contributed by atoms with Gasteiger partial charge >= 0.3 is 0 Å². The quantitative estimate of drug-likeness (QED) is 0.797. The van der Waals surface area contributed by atoms with Gasteiger partial charge in [0.15, 0.2) is 11.5 Å². The largest absolute Gasteiger partial charge is 0.355 e. The van der Waals surface area contributed by atoms with Crippen LogP contribution < -0.4 is 5.32 Å². The van der Waals surface area contributed by atoms with Crippen LogP contribution in [-0.2, 0) is 0 Å². The third kappa shape index (κ3) is 2.60. The van der Waals surface area contributed by atoms with E-state index >= 15 is 0 Å². The first-order valence-corrected chi connectivity index (χ1v) is 6.68. The zero-order valence-electron chi connectivity index (χ0n) is 10.2. The zero-order valence-corrected chi connectivity index (χ0v) is 11.0. The van der Waals surface area contributed by atoms with Crippen molar-refractivity contribution in [1.29, 1.82) is 0 Å². The molecule has 2 heterocycles. The number of hydrogen-bond donors (Lipinski definition) is 1. The zero-order chi connectivity index (χ0) is 13.9. The SMILES string of the molecule is O=C(Nc1ccc(F)cc1)c1cc(-c2cccs2)on1. The molecule has 4 nitrogen and oxygen atoms in total. The van der Waals surface area contributed by atoms with Crippen molar-refractivity contribution in [1.82, 2.24) is 5.16 Å². The van der Waals surface area contributed by atoms with Crippen molar-refractivity contribution in [3.63, 3.8) is 0 Å². The third-order valence-electron chi connectivity index (χ3n) is 2.61. The van der Waals surface area contributed by atoms with Gasteiger partial charge in [-0.1, -0.05) is 11.2 Å². The lowest BCUT2D eigenvalue weighted by Crippen LogP contribution is -2.12. The number of anilines is 1. The van der Waals surface area contributed by atoms with E-state index in [2.05, 4.69) is 10.5 Å². The van der Waals surface area contributed by atoms with Gasteiger partial charge in [0.25, 0.3) is 5.91 Å². The van der Waals surface area contributed by atoms with Gasteiger partial charge in [-0.25, -0.2) is 4.39 Å². The second-order valence-corrected chi connectivity index (χ2v) is 4.96.